The molecule has 2 aromatic rings. The summed E-state index contributed by atoms with van der Waals surface area (Å²) < 4.78 is 23.3. The Hall–Kier alpha value is -3.33. The lowest BCUT2D eigenvalue weighted by molar-refractivity contribution is -0.386. The second-order valence-corrected chi connectivity index (χ2v) is 9.52. The van der Waals surface area contributed by atoms with E-state index in [0.717, 1.165) is 6.42 Å². The average molecular weight is 488 g/mol. The number of aliphatic hydroxyl groups excluding tert-OH is 1. The molecule has 0 aromatic heterocycles. The van der Waals surface area contributed by atoms with E-state index in [1.807, 2.05) is 13.8 Å². The van der Waals surface area contributed by atoms with Crippen LogP contribution in [0.1, 0.15) is 73.7 Å². The number of rotatable bonds is 9. The van der Waals surface area contributed by atoms with Crippen molar-refractivity contribution in [1.29, 1.82) is 0 Å². The van der Waals surface area contributed by atoms with Gasteiger partial charge in [0, 0.05) is 11.1 Å². The number of nitro groups is 1. The number of methoxy groups -OCH3 is 1. The van der Waals surface area contributed by atoms with Crippen LogP contribution in [-0.4, -0.2) is 29.7 Å². The van der Waals surface area contributed by atoms with Crippen molar-refractivity contribution in [1.82, 2.24) is 0 Å². The van der Waals surface area contributed by atoms with Crippen molar-refractivity contribution in [3.63, 3.8) is 0 Å². The normalized spacial score (nSPS) is 13.8. The Morgan fingerprint density at radius 1 is 1.20 bits per heavy atom. The van der Waals surface area contributed by atoms with Crippen LogP contribution in [0.2, 0.25) is 0 Å². The van der Waals surface area contributed by atoms with Gasteiger partial charge >= 0.3 is 5.97 Å². The highest BCUT2D eigenvalue weighted by molar-refractivity contribution is 5.98. The topological polar surface area (TPSA) is 117 Å². The predicted molar refractivity (Wildman–Crippen MR) is 129 cm³/mol. The first-order valence-electron chi connectivity index (χ1n) is 11.7. The molecule has 3 rings (SSSR count). The number of carbonyl (C=O) groups excluding carboxylic acids is 1. The van der Waals surface area contributed by atoms with E-state index in [1.54, 1.807) is 25.1 Å². The third kappa shape index (κ3) is 5.67. The third-order valence-electron chi connectivity index (χ3n) is 5.83. The van der Waals surface area contributed by atoms with E-state index in [2.05, 4.69) is 13.8 Å². The zero-order valence-electron chi connectivity index (χ0n) is 21.0. The van der Waals surface area contributed by atoms with E-state index in [1.165, 1.54) is 7.11 Å². The second kappa shape index (κ2) is 10.9. The Bertz CT molecular complexity index is 1110. The van der Waals surface area contributed by atoms with Crippen LogP contribution in [0.15, 0.2) is 18.2 Å². The first-order valence-corrected chi connectivity index (χ1v) is 11.7. The van der Waals surface area contributed by atoms with Gasteiger partial charge in [-0.3, -0.25) is 10.1 Å². The number of hydrogen-bond acceptors (Lipinski definition) is 8. The number of esters is 1. The highest BCUT2D eigenvalue weighted by Crippen LogP contribution is 2.48. The fraction of sp³-hybridized carbons (Fsp3) is 0.500. The van der Waals surface area contributed by atoms with E-state index < -0.39 is 17.0 Å². The fourth-order valence-electron chi connectivity index (χ4n) is 4.03. The van der Waals surface area contributed by atoms with Gasteiger partial charge in [0.2, 0.25) is 0 Å². The minimum absolute atomic E-state index is 0.0266. The maximum absolute atomic E-state index is 13.3. The van der Waals surface area contributed by atoms with Gasteiger partial charge in [0.25, 0.3) is 5.69 Å². The Labute approximate surface area is 205 Å². The van der Waals surface area contributed by atoms with Crippen LogP contribution in [0.4, 0.5) is 5.69 Å². The van der Waals surface area contributed by atoms with E-state index >= 15 is 0 Å². The second-order valence-electron chi connectivity index (χ2n) is 9.52. The molecule has 0 amide bonds. The van der Waals surface area contributed by atoms with Gasteiger partial charge in [-0.15, -0.1) is 0 Å². The Balaban J connectivity index is 2.24. The summed E-state index contributed by atoms with van der Waals surface area (Å²) in [7, 11) is 1.40. The molecule has 190 valence electrons. The molecule has 35 heavy (non-hydrogen) atoms. The van der Waals surface area contributed by atoms with Gasteiger partial charge in [-0.2, -0.15) is 0 Å². The van der Waals surface area contributed by atoms with Crippen LogP contribution >= 0.6 is 0 Å². The van der Waals surface area contributed by atoms with Crippen molar-refractivity contribution >= 4 is 11.7 Å². The molecule has 1 aliphatic heterocycles. The number of nitro benzene ring substituents is 1. The summed E-state index contributed by atoms with van der Waals surface area (Å²) in [6.45, 7) is 9.68. The number of cyclic esters (lactones) is 1. The molecule has 1 heterocycles. The lowest BCUT2D eigenvalue weighted by Crippen LogP contribution is -2.17. The van der Waals surface area contributed by atoms with Crippen LogP contribution < -0.4 is 14.2 Å². The van der Waals surface area contributed by atoms with Gasteiger partial charge in [0.15, 0.2) is 11.5 Å². The first kappa shape index (κ1) is 26.3. The maximum Gasteiger partial charge on any atom is 0.346 e. The number of fused-ring (bicyclic) bond motifs is 2. The molecule has 0 bridgehead atoms. The molecule has 0 aliphatic carbocycles. The van der Waals surface area contributed by atoms with E-state index in [9.17, 15) is 20.0 Å². The third-order valence-corrected chi connectivity index (χ3v) is 5.83. The van der Waals surface area contributed by atoms with Gasteiger partial charge in [-0.1, -0.05) is 27.7 Å². The SMILES string of the molecule is COc1c(C(O)CC(C)C)cc(OCCC(C)C)c2c1C(=O)OCc1c(ccc(C)c1[N+](=O)[O-])O2. The van der Waals surface area contributed by atoms with Crippen molar-refractivity contribution < 1.29 is 33.8 Å². The monoisotopic (exact) mass is 487 g/mol. The Morgan fingerprint density at radius 2 is 1.91 bits per heavy atom. The standard InChI is InChI=1S/C26H33NO8/c1-14(2)9-10-33-21-12-17(19(28)11-15(3)4)24(32-6)22-25(21)35-20-8-7-16(5)23(27(30)31)18(20)13-34-26(22)29/h7-8,12,14-15,19,28H,9-11,13H2,1-6H3. The lowest BCUT2D eigenvalue weighted by atomic mass is 9.95. The minimum Gasteiger partial charge on any atom is -0.495 e. The number of hydrogen-bond donors (Lipinski definition) is 1. The first-order chi connectivity index (χ1) is 16.5. The molecule has 9 nitrogen and oxygen atoms in total. The van der Waals surface area contributed by atoms with Gasteiger partial charge < -0.3 is 24.1 Å². The van der Waals surface area contributed by atoms with Gasteiger partial charge in [0.05, 0.1) is 24.7 Å². The summed E-state index contributed by atoms with van der Waals surface area (Å²) in [6, 6.07) is 4.80. The van der Waals surface area contributed by atoms with E-state index in [-0.39, 0.29) is 52.3 Å². The highest BCUT2D eigenvalue weighted by atomic mass is 16.6. The quantitative estimate of drug-likeness (QED) is 0.265. The average Bonchev–Trinajstić information content (AvgIpc) is 2.76. The number of ether oxygens (including phenoxy) is 4. The van der Waals surface area contributed by atoms with Crippen LogP contribution in [0.25, 0.3) is 0 Å². The molecule has 9 heteroatoms. The van der Waals surface area contributed by atoms with Crippen molar-refractivity contribution in [3.05, 3.63) is 50.6 Å². The molecule has 1 N–H and O–H groups in total. The van der Waals surface area contributed by atoms with Crippen LogP contribution in [0, 0.1) is 28.9 Å². The molecule has 2 aromatic carbocycles. The fourth-order valence-corrected chi connectivity index (χ4v) is 4.03. The smallest absolute Gasteiger partial charge is 0.346 e. The molecule has 1 unspecified atom stereocenters. The van der Waals surface area contributed by atoms with Crippen LogP contribution in [-0.2, 0) is 11.3 Å². The molecule has 0 saturated heterocycles. The zero-order chi connectivity index (χ0) is 25.9. The van der Waals surface area contributed by atoms with E-state index in [4.69, 9.17) is 18.9 Å². The molecule has 0 saturated carbocycles. The summed E-state index contributed by atoms with van der Waals surface area (Å²) in [6.07, 6.45) is 0.262. The van der Waals surface area contributed by atoms with Crippen molar-refractivity contribution in [2.45, 2.75) is 60.2 Å². The number of aryl methyl sites for hydroxylation is 1. The maximum atomic E-state index is 13.3. The summed E-state index contributed by atoms with van der Waals surface area (Å²) in [5.74, 6) is 0.342. The number of aliphatic hydroxyl groups is 1. The summed E-state index contributed by atoms with van der Waals surface area (Å²) in [5.41, 5.74) is 0.770. The predicted octanol–water partition coefficient (Wildman–Crippen LogP) is 5.88. The van der Waals surface area contributed by atoms with Crippen LogP contribution in [0.5, 0.6) is 23.0 Å². The molecule has 0 radical (unpaired) electrons. The molecular weight excluding hydrogens is 454 g/mol. The van der Waals surface area contributed by atoms with E-state index in [0.29, 0.717) is 30.1 Å². The number of nitrogens with zero attached hydrogens (tertiary/aromatic N) is 1. The summed E-state index contributed by atoms with van der Waals surface area (Å²) in [4.78, 5) is 24.5. The summed E-state index contributed by atoms with van der Waals surface area (Å²) >= 11 is 0. The molecular formula is C26H33NO8. The molecule has 0 spiro atoms. The van der Waals surface area contributed by atoms with Gasteiger partial charge in [-0.25, -0.2) is 4.79 Å². The highest BCUT2D eigenvalue weighted by Gasteiger charge is 2.34. The van der Waals surface area contributed by atoms with Gasteiger partial charge in [0.1, 0.15) is 29.2 Å². The summed E-state index contributed by atoms with van der Waals surface area (Å²) in [5, 5.41) is 22.7. The zero-order valence-corrected chi connectivity index (χ0v) is 21.0. The van der Waals surface area contributed by atoms with Crippen LogP contribution in [0.3, 0.4) is 0 Å². The molecule has 1 atom stereocenters. The lowest BCUT2D eigenvalue weighted by Gasteiger charge is -2.25. The van der Waals surface area contributed by atoms with Gasteiger partial charge in [-0.05, 0) is 49.8 Å². The minimum atomic E-state index is -0.919. The number of carbonyl (C=O) groups is 1. The van der Waals surface area contributed by atoms with Crippen molar-refractivity contribution in [2.75, 3.05) is 13.7 Å². The molecule has 1 aliphatic rings. The Kier molecular flexibility index (Phi) is 8.22. The largest absolute Gasteiger partial charge is 0.495 e. The molecule has 0 fully saturated rings. The van der Waals surface area contributed by atoms with Crippen molar-refractivity contribution in [3.8, 4) is 23.0 Å². The number of benzene rings is 2. The van der Waals surface area contributed by atoms with Crippen molar-refractivity contribution in [2.24, 2.45) is 11.8 Å². The Morgan fingerprint density at radius 3 is 2.51 bits per heavy atom.